The Morgan fingerprint density at radius 2 is 2.17 bits per heavy atom. The lowest BCUT2D eigenvalue weighted by Crippen LogP contribution is -2.15. The van der Waals surface area contributed by atoms with Gasteiger partial charge in [0.1, 0.15) is 5.60 Å². The zero-order valence-corrected chi connectivity index (χ0v) is 8.43. The molecule has 72 valence electrons. The predicted molar refractivity (Wildman–Crippen MR) is 49.2 cm³/mol. The first-order valence-electron chi connectivity index (χ1n) is 4.84. The second-order valence-corrected chi connectivity index (χ2v) is 4.33. The molecule has 2 nitrogen and oxygen atoms in total. The Hall–Kier alpha value is -0.0800. The van der Waals surface area contributed by atoms with E-state index in [2.05, 4.69) is 20.8 Å². The van der Waals surface area contributed by atoms with Gasteiger partial charge in [0.25, 0.3) is 0 Å². The summed E-state index contributed by atoms with van der Waals surface area (Å²) in [6, 6.07) is 0. The molecule has 0 amide bonds. The van der Waals surface area contributed by atoms with Crippen molar-refractivity contribution >= 4 is 0 Å². The van der Waals surface area contributed by atoms with Crippen LogP contribution in [0.2, 0.25) is 0 Å². The van der Waals surface area contributed by atoms with Crippen molar-refractivity contribution in [3.05, 3.63) is 0 Å². The van der Waals surface area contributed by atoms with Crippen molar-refractivity contribution < 1.29 is 9.47 Å². The summed E-state index contributed by atoms with van der Waals surface area (Å²) >= 11 is 0. The van der Waals surface area contributed by atoms with Gasteiger partial charge in [-0.25, -0.2) is 0 Å². The first-order valence-corrected chi connectivity index (χ1v) is 4.84. The summed E-state index contributed by atoms with van der Waals surface area (Å²) in [5.41, 5.74) is 0.0673. The molecule has 1 heterocycles. The number of hydrogen-bond acceptors (Lipinski definition) is 2. The van der Waals surface area contributed by atoms with Crippen LogP contribution in [-0.4, -0.2) is 25.4 Å². The Morgan fingerprint density at radius 3 is 2.67 bits per heavy atom. The minimum Gasteiger partial charge on any atom is -0.378 e. The van der Waals surface area contributed by atoms with Gasteiger partial charge in [0.2, 0.25) is 0 Å². The van der Waals surface area contributed by atoms with Crippen LogP contribution in [0.5, 0.6) is 0 Å². The molecule has 0 aliphatic carbocycles. The third kappa shape index (κ3) is 4.07. The van der Waals surface area contributed by atoms with E-state index in [0.717, 1.165) is 25.7 Å². The van der Waals surface area contributed by atoms with Crippen LogP contribution in [0.1, 0.15) is 33.6 Å². The van der Waals surface area contributed by atoms with E-state index in [-0.39, 0.29) is 5.60 Å². The Balaban J connectivity index is 1.83. The van der Waals surface area contributed by atoms with Gasteiger partial charge in [0.05, 0.1) is 13.2 Å². The highest BCUT2D eigenvalue weighted by molar-refractivity contribution is 4.86. The maximum Gasteiger partial charge on any atom is 0.112 e. The highest BCUT2D eigenvalue weighted by Crippen LogP contribution is 2.25. The van der Waals surface area contributed by atoms with E-state index in [1.54, 1.807) is 0 Å². The van der Waals surface area contributed by atoms with Crippen LogP contribution in [0.15, 0.2) is 0 Å². The first-order chi connectivity index (χ1) is 5.62. The maximum atomic E-state index is 5.49. The van der Waals surface area contributed by atoms with Crippen LogP contribution in [-0.2, 0) is 9.47 Å². The molecule has 0 aromatic heterocycles. The van der Waals surface area contributed by atoms with Gasteiger partial charge in [-0.05, 0) is 25.7 Å². The fourth-order valence-corrected chi connectivity index (χ4v) is 1.09. The smallest absolute Gasteiger partial charge is 0.112 e. The van der Waals surface area contributed by atoms with Crippen LogP contribution in [0, 0.1) is 5.92 Å². The maximum absolute atomic E-state index is 5.49. The average molecular weight is 172 g/mol. The summed E-state index contributed by atoms with van der Waals surface area (Å²) in [4.78, 5) is 0. The van der Waals surface area contributed by atoms with E-state index >= 15 is 0 Å². The molecule has 1 unspecified atom stereocenters. The monoisotopic (exact) mass is 172 g/mol. The molecule has 0 radical (unpaired) electrons. The molecular weight excluding hydrogens is 152 g/mol. The molecule has 12 heavy (non-hydrogen) atoms. The molecule has 2 heteroatoms. The molecule has 1 rings (SSSR count). The van der Waals surface area contributed by atoms with Gasteiger partial charge >= 0.3 is 0 Å². The lowest BCUT2D eigenvalue weighted by atomic mass is 10.1. The minimum atomic E-state index is 0.0673. The summed E-state index contributed by atoms with van der Waals surface area (Å²) in [7, 11) is 0. The Morgan fingerprint density at radius 1 is 1.50 bits per heavy atom. The zero-order chi connectivity index (χ0) is 9.03. The van der Waals surface area contributed by atoms with Crippen molar-refractivity contribution in [2.75, 3.05) is 19.8 Å². The summed E-state index contributed by atoms with van der Waals surface area (Å²) in [5, 5.41) is 0. The van der Waals surface area contributed by atoms with E-state index in [4.69, 9.17) is 9.47 Å². The quantitative estimate of drug-likeness (QED) is 0.452. The molecule has 0 aromatic rings. The highest BCUT2D eigenvalue weighted by atomic mass is 16.6. The van der Waals surface area contributed by atoms with Gasteiger partial charge in [0.15, 0.2) is 0 Å². The molecule has 1 aliphatic rings. The Labute approximate surface area is 75.2 Å². The van der Waals surface area contributed by atoms with Gasteiger partial charge in [-0.1, -0.05) is 13.8 Å². The molecule has 1 fully saturated rings. The molecule has 0 saturated carbocycles. The number of epoxide rings is 1. The fraction of sp³-hybridized carbons (Fsp3) is 1.00. The largest absolute Gasteiger partial charge is 0.378 e. The van der Waals surface area contributed by atoms with E-state index in [1.807, 2.05) is 0 Å². The Kier molecular flexibility index (Phi) is 3.53. The third-order valence-corrected chi connectivity index (χ3v) is 2.11. The van der Waals surface area contributed by atoms with Crippen LogP contribution >= 0.6 is 0 Å². The highest BCUT2D eigenvalue weighted by Gasteiger charge is 2.39. The van der Waals surface area contributed by atoms with Crippen molar-refractivity contribution in [1.29, 1.82) is 0 Å². The van der Waals surface area contributed by atoms with E-state index in [0.29, 0.717) is 0 Å². The molecule has 0 N–H and O–H groups in total. The van der Waals surface area contributed by atoms with Crippen molar-refractivity contribution in [3.8, 4) is 0 Å². The standard InChI is InChI=1S/C10H20O2/c1-9(2)5-4-6-11-7-10(3)8-12-10/h9H,4-8H2,1-3H3. The lowest BCUT2D eigenvalue weighted by molar-refractivity contribution is 0.0814. The summed E-state index contributed by atoms with van der Waals surface area (Å²) in [6.07, 6.45) is 2.44. The van der Waals surface area contributed by atoms with Gasteiger partial charge in [-0.15, -0.1) is 0 Å². The van der Waals surface area contributed by atoms with E-state index in [1.165, 1.54) is 12.8 Å². The van der Waals surface area contributed by atoms with Gasteiger partial charge in [0, 0.05) is 6.61 Å². The van der Waals surface area contributed by atoms with Crippen molar-refractivity contribution in [1.82, 2.24) is 0 Å². The van der Waals surface area contributed by atoms with Crippen LogP contribution in [0.3, 0.4) is 0 Å². The second-order valence-electron chi connectivity index (χ2n) is 4.33. The summed E-state index contributed by atoms with van der Waals surface area (Å²) < 4.78 is 10.7. The van der Waals surface area contributed by atoms with Crippen molar-refractivity contribution in [3.63, 3.8) is 0 Å². The molecule has 0 aromatic carbocycles. The normalized spacial score (nSPS) is 28.0. The fourth-order valence-electron chi connectivity index (χ4n) is 1.09. The lowest BCUT2D eigenvalue weighted by Gasteiger charge is -2.07. The van der Waals surface area contributed by atoms with Crippen LogP contribution in [0.25, 0.3) is 0 Å². The topological polar surface area (TPSA) is 21.8 Å². The Bertz CT molecular complexity index is 128. The van der Waals surface area contributed by atoms with Gasteiger partial charge in [-0.2, -0.15) is 0 Å². The number of hydrogen-bond donors (Lipinski definition) is 0. The number of ether oxygens (including phenoxy) is 2. The molecule has 0 bridgehead atoms. The van der Waals surface area contributed by atoms with Crippen molar-refractivity contribution in [2.24, 2.45) is 5.92 Å². The molecule has 1 atom stereocenters. The number of rotatable bonds is 6. The third-order valence-electron chi connectivity index (χ3n) is 2.11. The molecular formula is C10H20O2. The van der Waals surface area contributed by atoms with Crippen molar-refractivity contribution in [2.45, 2.75) is 39.2 Å². The average Bonchev–Trinajstić information content (AvgIpc) is 2.67. The van der Waals surface area contributed by atoms with Crippen LogP contribution in [0.4, 0.5) is 0 Å². The molecule has 1 saturated heterocycles. The summed E-state index contributed by atoms with van der Waals surface area (Å²) in [6.45, 7) is 9.10. The molecule has 1 aliphatic heterocycles. The van der Waals surface area contributed by atoms with E-state index < -0.39 is 0 Å². The first kappa shape index (κ1) is 10.0. The predicted octanol–water partition coefficient (Wildman–Crippen LogP) is 2.23. The van der Waals surface area contributed by atoms with E-state index in [9.17, 15) is 0 Å². The zero-order valence-electron chi connectivity index (χ0n) is 8.43. The van der Waals surface area contributed by atoms with Gasteiger partial charge < -0.3 is 9.47 Å². The SMILES string of the molecule is CC(C)CCCOCC1(C)CO1. The minimum absolute atomic E-state index is 0.0673. The van der Waals surface area contributed by atoms with Gasteiger partial charge in [-0.3, -0.25) is 0 Å². The second kappa shape index (κ2) is 4.24. The molecule has 0 spiro atoms. The van der Waals surface area contributed by atoms with Crippen LogP contribution < -0.4 is 0 Å². The summed E-state index contributed by atoms with van der Waals surface area (Å²) in [5.74, 6) is 0.793.